The normalized spacial score (nSPS) is 13.0. The molecule has 206 valence electrons. The molecule has 0 aliphatic carbocycles. The molecule has 0 heterocycles. The highest BCUT2D eigenvalue weighted by molar-refractivity contribution is 5.92. The zero-order valence-corrected chi connectivity index (χ0v) is 20.7. The van der Waals surface area contributed by atoms with E-state index in [1.807, 2.05) is 0 Å². The summed E-state index contributed by atoms with van der Waals surface area (Å²) < 4.78 is 0. The van der Waals surface area contributed by atoms with Gasteiger partial charge in [-0.2, -0.15) is 0 Å². The van der Waals surface area contributed by atoms with Crippen LogP contribution in [0.4, 0.5) is 0 Å². The van der Waals surface area contributed by atoms with Gasteiger partial charge in [0.1, 0.15) is 17.8 Å². The molecule has 0 radical (unpaired) electrons. The Bertz CT molecular complexity index is 920. The van der Waals surface area contributed by atoms with Crippen LogP contribution in [0.2, 0.25) is 0 Å². The van der Waals surface area contributed by atoms with Crippen LogP contribution in [0.1, 0.15) is 37.7 Å². The van der Waals surface area contributed by atoms with Gasteiger partial charge in [0, 0.05) is 6.54 Å². The van der Waals surface area contributed by atoms with E-state index in [1.54, 1.807) is 12.1 Å². The lowest BCUT2D eigenvalue weighted by Gasteiger charge is -2.22. The van der Waals surface area contributed by atoms with E-state index >= 15 is 0 Å². The van der Waals surface area contributed by atoms with Crippen molar-refractivity contribution in [2.75, 3.05) is 19.6 Å². The van der Waals surface area contributed by atoms with Gasteiger partial charge in [-0.25, -0.2) is 4.79 Å². The molecule has 3 amide bonds. The number of aliphatic imine (C=N–C) groups is 1. The van der Waals surface area contributed by atoms with E-state index in [4.69, 9.17) is 22.9 Å². The second-order valence-electron chi connectivity index (χ2n) is 8.45. The number of guanidine groups is 1. The van der Waals surface area contributed by atoms with Crippen LogP contribution in [0.5, 0.6) is 5.75 Å². The molecule has 0 saturated heterocycles. The lowest BCUT2D eigenvalue weighted by atomic mass is 10.1. The number of carboxylic acid groups (broad SMARTS) is 1. The molecule has 3 unspecified atom stereocenters. The van der Waals surface area contributed by atoms with E-state index in [9.17, 15) is 29.4 Å². The first-order chi connectivity index (χ1) is 17.5. The van der Waals surface area contributed by atoms with E-state index in [1.165, 1.54) is 12.1 Å². The van der Waals surface area contributed by atoms with Crippen molar-refractivity contribution < 1.29 is 29.4 Å². The lowest BCUT2D eigenvalue weighted by molar-refractivity contribution is -0.142. The van der Waals surface area contributed by atoms with Crippen molar-refractivity contribution in [3.05, 3.63) is 29.8 Å². The summed E-state index contributed by atoms with van der Waals surface area (Å²) in [7, 11) is 0. The smallest absolute Gasteiger partial charge is 0.326 e. The third-order valence-corrected chi connectivity index (χ3v) is 5.31. The molecular weight excluding hydrogens is 484 g/mol. The van der Waals surface area contributed by atoms with Crippen molar-refractivity contribution in [1.82, 2.24) is 16.0 Å². The van der Waals surface area contributed by atoms with Crippen LogP contribution in [0.25, 0.3) is 0 Å². The van der Waals surface area contributed by atoms with Gasteiger partial charge in [-0.05, 0) is 62.8 Å². The molecule has 37 heavy (non-hydrogen) atoms. The Morgan fingerprint density at radius 2 is 1.57 bits per heavy atom. The Morgan fingerprint density at radius 1 is 0.919 bits per heavy atom. The molecule has 1 rings (SSSR count). The van der Waals surface area contributed by atoms with Crippen LogP contribution in [0, 0.1) is 0 Å². The van der Waals surface area contributed by atoms with Crippen molar-refractivity contribution >= 4 is 29.7 Å². The number of nitrogens with zero attached hydrogens (tertiary/aromatic N) is 1. The molecular formula is C23H38N8O6. The standard InChI is InChI=1S/C23H38N8O6/c24-10-2-1-4-17(21(35)31-18(22(36)37)5-3-11-28-23(26)27)30-19(33)13-29-20(34)16(25)12-14-6-8-15(32)9-7-14/h6-9,16-18,32H,1-5,10-13,24-25H2,(H,29,34)(H,30,33)(H,31,35)(H,36,37)(H4,26,27,28). The maximum absolute atomic E-state index is 12.8. The quantitative estimate of drug-likeness (QED) is 0.0595. The fourth-order valence-electron chi connectivity index (χ4n) is 3.32. The van der Waals surface area contributed by atoms with Gasteiger partial charge >= 0.3 is 5.97 Å². The predicted molar refractivity (Wildman–Crippen MR) is 137 cm³/mol. The van der Waals surface area contributed by atoms with E-state index in [0.29, 0.717) is 25.8 Å². The lowest BCUT2D eigenvalue weighted by Crippen LogP contribution is -2.53. The van der Waals surface area contributed by atoms with Gasteiger partial charge in [0.05, 0.1) is 12.6 Å². The minimum absolute atomic E-state index is 0.0797. The molecule has 14 nitrogen and oxygen atoms in total. The summed E-state index contributed by atoms with van der Waals surface area (Å²) >= 11 is 0. The highest BCUT2D eigenvalue weighted by Gasteiger charge is 2.26. The Labute approximate surface area is 215 Å². The number of unbranched alkanes of at least 4 members (excludes halogenated alkanes) is 1. The van der Waals surface area contributed by atoms with Gasteiger partial charge in [-0.1, -0.05) is 12.1 Å². The number of nitrogens with two attached hydrogens (primary N) is 4. The summed E-state index contributed by atoms with van der Waals surface area (Å²) in [5, 5.41) is 26.2. The number of aliphatic carboxylic acids is 1. The summed E-state index contributed by atoms with van der Waals surface area (Å²) in [5.41, 5.74) is 22.6. The first kappa shape index (κ1) is 31.1. The zero-order valence-electron chi connectivity index (χ0n) is 20.7. The average Bonchev–Trinajstić information content (AvgIpc) is 2.84. The van der Waals surface area contributed by atoms with Gasteiger partial charge in [0.2, 0.25) is 17.7 Å². The van der Waals surface area contributed by atoms with Crippen molar-refractivity contribution in [1.29, 1.82) is 0 Å². The Kier molecular flexibility index (Phi) is 14.1. The second-order valence-corrected chi connectivity index (χ2v) is 8.45. The van der Waals surface area contributed by atoms with Crippen molar-refractivity contribution in [2.24, 2.45) is 27.9 Å². The topological polar surface area (TPSA) is 261 Å². The number of phenolic OH excluding ortho intramolecular Hbond substituents is 1. The minimum atomic E-state index is -1.24. The predicted octanol–water partition coefficient (Wildman–Crippen LogP) is -2.38. The Hall–Kier alpha value is -3.91. The molecule has 1 aromatic rings. The molecule has 0 saturated carbocycles. The molecule has 0 spiro atoms. The summed E-state index contributed by atoms with van der Waals surface area (Å²) in [6, 6.07) is 3.05. The largest absolute Gasteiger partial charge is 0.508 e. The maximum atomic E-state index is 12.8. The Balaban J connectivity index is 2.66. The molecule has 0 fully saturated rings. The van der Waals surface area contributed by atoms with Crippen LogP contribution in [0.3, 0.4) is 0 Å². The van der Waals surface area contributed by atoms with E-state index in [-0.39, 0.29) is 37.5 Å². The summed E-state index contributed by atoms with van der Waals surface area (Å²) in [6.07, 6.45) is 1.93. The van der Waals surface area contributed by atoms with Crippen LogP contribution in [-0.2, 0) is 25.6 Å². The van der Waals surface area contributed by atoms with Crippen molar-refractivity contribution in [3.8, 4) is 5.75 Å². The van der Waals surface area contributed by atoms with Crippen molar-refractivity contribution in [2.45, 2.75) is 56.7 Å². The molecule has 3 atom stereocenters. The summed E-state index contributed by atoms with van der Waals surface area (Å²) in [4.78, 5) is 52.9. The number of phenols is 1. The highest BCUT2D eigenvalue weighted by atomic mass is 16.4. The molecule has 1 aromatic carbocycles. The van der Waals surface area contributed by atoms with Crippen molar-refractivity contribution in [3.63, 3.8) is 0 Å². The SMILES string of the molecule is NCCCCC(NC(=O)CNC(=O)C(N)Cc1ccc(O)cc1)C(=O)NC(CCCN=C(N)N)C(=O)O. The van der Waals surface area contributed by atoms with Gasteiger partial charge in [0.15, 0.2) is 5.96 Å². The molecule has 0 aliphatic heterocycles. The van der Waals surface area contributed by atoms with Gasteiger partial charge in [-0.15, -0.1) is 0 Å². The summed E-state index contributed by atoms with van der Waals surface area (Å²) in [5.74, 6) is -3.15. The molecule has 14 heteroatoms. The average molecular weight is 523 g/mol. The molecule has 0 bridgehead atoms. The number of hydrogen-bond acceptors (Lipinski definition) is 8. The Morgan fingerprint density at radius 3 is 2.16 bits per heavy atom. The fourth-order valence-corrected chi connectivity index (χ4v) is 3.32. The van der Waals surface area contributed by atoms with E-state index < -0.39 is 48.4 Å². The summed E-state index contributed by atoms with van der Waals surface area (Å²) in [6.45, 7) is 0.163. The van der Waals surface area contributed by atoms with Crippen LogP contribution >= 0.6 is 0 Å². The first-order valence-electron chi connectivity index (χ1n) is 11.9. The monoisotopic (exact) mass is 522 g/mol. The van der Waals surface area contributed by atoms with Crippen LogP contribution in [0.15, 0.2) is 29.3 Å². The van der Waals surface area contributed by atoms with Gasteiger partial charge < -0.3 is 49.1 Å². The molecule has 0 aliphatic rings. The molecule has 13 N–H and O–H groups in total. The minimum Gasteiger partial charge on any atom is -0.508 e. The van der Waals surface area contributed by atoms with E-state index in [0.717, 1.165) is 5.56 Å². The van der Waals surface area contributed by atoms with Gasteiger partial charge in [0.25, 0.3) is 0 Å². The second kappa shape index (κ2) is 16.7. The number of aromatic hydroxyl groups is 1. The zero-order chi connectivity index (χ0) is 27.8. The fraction of sp³-hybridized carbons (Fsp3) is 0.522. The number of benzene rings is 1. The van der Waals surface area contributed by atoms with E-state index in [2.05, 4.69) is 20.9 Å². The first-order valence-corrected chi connectivity index (χ1v) is 11.9. The number of rotatable bonds is 17. The number of carbonyl (C=O) groups is 4. The number of carbonyl (C=O) groups excluding carboxylic acids is 3. The van der Waals surface area contributed by atoms with Crippen LogP contribution in [-0.4, -0.2) is 77.6 Å². The van der Waals surface area contributed by atoms with Gasteiger partial charge in [-0.3, -0.25) is 19.4 Å². The number of hydrogen-bond donors (Lipinski definition) is 9. The number of nitrogens with one attached hydrogen (secondary N) is 3. The molecule has 0 aromatic heterocycles. The number of amides is 3. The third kappa shape index (κ3) is 13.1. The van der Waals surface area contributed by atoms with Crippen LogP contribution < -0.4 is 38.9 Å². The number of carboxylic acids is 1. The highest BCUT2D eigenvalue weighted by Crippen LogP contribution is 2.11. The third-order valence-electron chi connectivity index (χ3n) is 5.31. The maximum Gasteiger partial charge on any atom is 0.326 e.